The molecule has 0 aliphatic carbocycles. The van der Waals surface area contributed by atoms with Crippen molar-refractivity contribution in [2.45, 2.75) is 37.5 Å². The Balaban J connectivity index is 3.04. The first-order valence-electron chi connectivity index (χ1n) is 6.45. The summed E-state index contributed by atoms with van der Waals surface area (Å²) in [6, 6.07) is 6.34. The average Bonchev–Trinajstić information content (AvgIpc) is 2.38. The Hall–Kier alpha value is -0.820. The van der Waals surface area contributed by atoms with Crippen LogP contribution in [0.1, 0.15) is 32.3 Å². The van der Waals surface area contributed by atoms with Gasteiger partial charge in [0.05, 0.1) is 0 Å². The van der Waals surface area contributed by atoms with Gasteiger partial charge in [-0.25, -0.2) is 0 Å². The maximum absolute atomic E-state index is 12.2. The van der Waals surface area contributed by atoms with E-state index >= 15 is 0 Å². The predicted octanol–water partition coefficient (Wildman–Crippen LogP) is 3.22. The Morgan fingerprint density at radius 3 is 2.33 bits per heavy atom. The lowest BCUT2D eigenvalue weighted by Gasteiger charge is -2.29. The summed E-state index contributed by atoms with van der Waals surface area (Å²) < 4.78 is 15.3. The Bertz CT molecular complexity index is 499. The van der Waals surface area contributed by atoms with E-state index in [9.17, 15) is 14.5 Å². The van der Waals surface area contributed by atoms with E-state index in [4.69, 9.17) is 0 Å². The molecule has 0 heterocycles. The van der Waals surface area contributed by atoms with Crippen LogP contribution in [-0.2, 0) is 16.2 Å². The number of carboxylic acids is 1. The van der Waals surface area contributed by atoms with E-state index in [1.165, 1.54) is 0 Å². The zero-order valence-electron chi connectivity index (χ0n) is 12.3. The minimum Gasteiger partial charge on any atom is -0.598 e. The molecular formula is C15H20BrNO3S. The van der Waals surface area contributed by atoms with Crippen molar-refractivity contribution in [3.8, 4) is 0 Å². The van der Waals surface area contributed by atoms with Crippen LogP contribution in [0.5, 0.6) is 0 Å². The number of nitrogens with one attached hydrogen (secondary N) is 1. The molecule has 2 N–H and O–H groups in total. The van der Waals surface area contributed by atoms with Crippen LogP contribution in [0.15, 0.2) is 41.4 Å². The van der Waals surface area contributed by atoms with Crippen molar-refractivity contribution in [1.29, 1.82) is 0 Å². The smallest absolute Gasteiger partial charge is 0.326 e. The van der Waals surface area contributed by atoms with E-state index in [0.29, 0.717) is 0 Å². The molecule has 1 aromatic carbocycles. The van der Waals surface area contributed by atoms with Crippen molar-refractivity contribution in [1.82, 2.24) is 4.72 Å². The molecule has 1 rings (SSSR count). The number of carbonyl (C=O) groups is 1. The van der Waals surface area contributed by atoms with Crippen LogP contribution in [0, 0.1) is 0 Å². The fourth-order valence-corrected chi connectivity index (χ4v) is 2.81. The summed E-state index contributed by atoms with van der Waals surface area (Å²) in [4.78, 5) is 11.5. The quantitative estimate of drug-likeness (QED) is 0.592. The Morgan fingerprint density at radius 2 is 1.95 bits per heavy atom. The van der Waals surface area contributed by atoms with Gasteiger partial charge in [0.15, 0.2) is 6.04 Å². The fraction of sp³-hybridized carbons (Fsp3) is 0.400. The van der Waals surface area contributed by atoms with E-state index in [1.54, 1.807) is 26.8 Å². The third-order valence-corrected chi connectivity index (χ3v) is 5.03. The van der Waals surface area contributed by atoms with Gasteiger partial charge >= 0.3 is 5.97 Å². The molecule has 0 fully saturated rings. The number of hydrogen-bond donors (Lipinski definition) is 2. The van der Waals surface area contributed by atoms with E-state index in [1.807, 2.05) is 24.3 Å². The highest BCUT2D eigenvalue weighted by atomic mass is 79.9. The van der Waals surface area contributed by atoms with Gasteiger partial charge in [0.1, 0.15) is 4.75 Å². The van der Waals surface area contributed by atoms with E-state index in [2.05, 4.69) is 27.2 Å². The summed E-state index contributed by atoms with van der Waals surface area (Å²) in [6.07, 6.45) is 1.56. The van der Waals surface area contributed by atoms with Gasteiger partial charge in [0.2, 0.25) is 0 Å². The van der Waals surface area contributed by atoms with Gasteiger partial charge in [-0.2, -0.15) is 0 Å². The highest BCUT2D eigenvalue weighted by Crippen LogP contribution is 2.25. The summed E-state index contributed by atoms with van der Waals surface area (Å²) in [6.45, 7) is 9.09. The highest BCUT2D eigenvalue weighted by Gasteiger charge is 2.36. The molecule has 4 nitrogen and oxygen atoms in total. The van der Waals surface area contributed by atoms with Crippen LogP contribution < -0.4 is 4.72 Å². The minimum absolute atomic E-state index is 0.470. The largest absolute Gasteiger partial charge is 0.598 e. The summed E-state index contributed by atoms with van der Waals surface area (Å²) >= 11 is 1.87. The van der Waals surface area contributed by atoms with Crippen molar-refractivity contribution >= 4 is 33.3 Å². The summed E-state index contributed by atoms with van der Waals surface area (Å²) in [5, 5.41) is 9.45. The molecule has 0 spiro atoms. The second-order valence-electron chi connectivity index (χ2n) is 5.63. The van der Waals surface area contributed by atoms with E-state index in [0.717, 1.165) is 10.0 Å². The first-order chi connectivity index (χ1) is 9.66. The molecule has 0 radical (unpaired) electrons. The normalized spacial score (nSPS) is 16.0. The standard InChI is InChI=1S/C15H20BrNO3S/c1-5-12(10-6-8-11(16)9-7-10)13(14(18)19)17-21(20)15(2,3)4/h5-9,12-13,17H,1H2,2-4H3,(H,18,19)/t12?,13?,21-/m0/s1. The molecule has 0 aromatic heterocycles. The summed E-state index contributed by atoms with van der Waals surface area (Å²) in [7, 11) is 0. The molecule has 2 unspecified atom stereocenters. The van der Waals surface area contributed by atoms with Crippen molar-refractivity contribution in [2.75, 3.05) is 0 Å². The molecule has 0 saturated heterocycles. The van der Waals surface area contributed by atoms with Crippen LogP contribution in [0.3, 0.4) is 0 Å². The molecular weight excluding hydrogens is 354 g/mol. The first kappa shape index (κ1) is 18.2. The maximum atomic E-state index is 12.2. The van der Waals surface area contributed by atoms with Gasteiger partial charge in [-0.1, -0.05) is 34.1 Å². The number of rotatable bonds is 6. The Labute approximate surface area is 137 Å². The lowest BCUT2D eigenvalue weighted by atomic mass is 9.92. The molecule has 0 aliphatic heterocycles. The van der Waals surface area contributed by atoms with Crippen LogP contribution >= 0.6 is 15.9 Å². The number of hydrogen-bond acceptors (Lipinski definition) is 3. The maximum Gasteiger partial charge on any atom is 0.326 e. The SMILES string of the molecule is C=CC(c1ccc(Br)cc1)C(N[S@@+]([O-])C(C)(C)C)C(=O)O. The topological polar surface area (TPSA) is 72.4 Å². The van der Waals surface area contributed by atoms with Gasteiger partial charge in [0, 0.05) is 21.8 Å². The third-order valence-electron chi connectivity index (χ3n) is 2.92. The fourth-order valence-electron chi connectivity index (χ4n) is 1.72. The van der Waals surface area contributed by atoms with Crippen LogP contribution in [-0.4, -0.2) is 26.4 Å². The summed E-state index contributed by atoms with van der Waals surface area (Å²) in [5.74, 6) is -1.53. The number of aliphatic carboxylic acids is 1. The molecule has 6 heteroatoms. The number of halogens is 1. The third kappa shape index (κ3) is 5.14. The van der Waals surface area contributed by atoms with E-state index < -0.39 is 34.0 Å². The van der Waals surface area contributed by atoms with Crippen molar-refractivity contribution in [3.63, 3.8) is 0 Å². The lowest BCUT2D eigenvalue weighted by molar-refractivity contribution is -0.139. The van der Waals surface area contributed by atoms with Gasteiger partial charge in [-0.15, -0.1) is 11.3 Å². The second-order valence-corrected chi connectivity index (χ2v) is 8.54. The minimum atomic E-state index is -1.48. The molecule has 0 aliphatic rings. The molecule has 21 heavy (non-hydrogen) atoms. The highest BCUT2D eigenvalue weighted by molar-refractivity contribution is 9.10. The van der Waals surface area contributed by atoms with E-state index in [-0.39, 0.29) is 0 Å². The zero-order chi connectivity index (χ0) is 16.2. The van der Waals surface area contributed by atoms with Crippen LogP contribution in [0.4, 0.5) is 0 Å². The monoisotopic (exact) mass is 373 g/mol. The van der Waals surface area contributed by atoms with Crippen LogP contribution in [0.2, 0.25) is 0 Å². The van der Waals surface area contributed by atoms with Gasteiger partial charge in [0.25, 0.3) is 0 Å². The number of benzene rings is 1. The van der Waals surface area contributed by atoms with Crippen molar-refractivity contribution in [3.05, 3.63) is 47.0 Å². The lowest BCUT2D eigenvalue weighted by Crippen LogP contribution is -2.50. The van der Waals surface area contributed by atoms with Crippen LogP contribution in [0.25, 0.3) is 0 Å². The zero-order valence-corrected chi connectivity index (χ0v) is 14.7. The first-order valence-corrected chi connectivity index (χ1v) is 8.40. The Morgan fingerprint density at radius 1 is 1.43 bits per heavy atom. The molecule has 0 bridgehead atoms. The van der Waals surface area contributed by atoms with Gasteiger partial charge < -0.3 is 9.66 Å². The molecule has 0 amide bonds. The van der Waals surface area contributed by atoms with Crippen molar-refractivity contribution in [2.24, 2.45) is 0 Å². The van der Waals surface area contributed by atoms with Gasteiger partial charge in [-0.05, 0) is 38.5 Å². The predicted molar refractivity (Wildman–Crippen MR) is 89.5 cm³/mol. The molecule has 116 valence electrons. The molecule has 0 saturated carbocycles. The Kier molecular flexibility index (Phi) is 6.46. The molecule has 1 aromatic rings. The van der Waals surface area contributed by atoms with Crippen molar-refractivity contribution < 1.29 is 14.5 Å². The second kappa shape index (κ2) is 7.45. The molecule has 3 atom stereocenters. The number of carboxylic acid groups (broad SMARTS) is 1. The average molecular weight is 374 g/mol. The summed E-state index contributed by atoms with van der Waals surface area (Å²) in [5.41, 5.74) is 0.805. The van der Waals surface area contributed by atoms with Gasteiger partial charge in [-0.3, -0.25) is 4.79 Å².